The quantitative estimate of drug-likeness (QED) is 0.753. The molecule has 2 saturated carbocycles. The summed E-state index contributed by atoms with van der Waals surface area (Å²) in [6.07, 6.45) is -1.07. The minimum atomic E-state index is -4.49. The van der Waals surface area contributed by atoms with Crippen LogP contribution < -0.4 is 10.6 Å². The van der Waals surface area contributed by atoms with E-state index >= 15 is 0 Å². The molecule has 4 aliphatic rings. The number of alkyl halides is 3. The zero-order chi connectivity index (χ0) is 22.8. The highest BCUT2D eigenvalue weighted by atomic mass is 19.4. The molecule has 0 radical (unpaired) electrons. The van der Waals surface area contributed by atoms with Crippen LogP contribution >= 0.6 is 0 Å². The van der Waals surface area contributed by atoms with Gasteiger partial charge in [0.2, 0.25) is 5.91 Å². The largest absolute Gasteiger partial charge is 0.397 e. The zero-order valence-electron chi connectivity index (χ0n) is 18.7. The number of carbonyl (C=O) groups excluding carboxylic acids is 1. The Morgan fingerprint density at radius 3 is 2.53 bits per heavy atom. The molecule has 6 nitrogen and oxygen atoms in total. The smallest absolute Gasteiger partial charge is 0.395 e. The molecule has 1 amide bonds. The Labute approximate surface area is 186 Å². The van der Waals surface area contributed by atoms with E-state index in [0.29, 0.717) is 37.7 Å². The van der Waals surface area contributed by atoms with Crippen LogP contribution in [0, 0.1) is 5.92 Å². The third kappa shape index (κ3) is 4.28. The number of nitrogens with two attached hydrogens (primary N) is 1. The van der Waals surface area contributed by atoms with E-state index in [-0.39, 0.29) is 24.1 Å². The van der Waals surface area contributed by atoms with E-state index in [1.54, 1.807) is 0 Å². The van der Waals surface area contributed by atoms with Crippen LogP contribution in [-0.2, 0) is 22.6 Å². The molecule has 3 fully saturated rings. The second-order valence-electron chi connectivity index (χ2n) is 10.4. The Bertz CT molecular complexity index is 925. The SMILES string of the molecule is CC1(C)Cc2c(N)c(N3CCN(C(=O)CC(F)(F)F)C(C4CC4)C3)nc(C3CC3)c2CO1. The molecule has 2 aliphatic heterocycles. The summed E-state index contributed by atoms with van der Waals surface area (Å²) in [5, 5.41) is 0. The van der Waals surface area contributed by atoms with Crippen molar-refractivity contribution in [3.8, 4) is 0 Å². The van der Waals surface area contributed by atoms with Gasteiger partial charge in [-0.15, -0.1) is 0 Å². The Morgan fingerprint density at radius 2 is 1.91 bits per heavy atom. The fraction of sp³-hybridized carbons (Fsp3) is 0.739. The lowest BCUT2D eigenvalue weighted by atomic mass is 9.89. The number of piperazine rings is 1. The lowest BCUT2D eigenvalue weighted by Gasteiger charge is -2.43. The molecule has 0 spiro atoms. The van der Waals surface area contributed by atoms with Gasteiger partial charge in [-0.25, -0.2) is 4.98 Å². The zero-order valence-corrected chi connectivity index (χ0v) is 18.7. The second-order valence-corrected chi connectivity index (χ2v) is 10.4. The first-order valence-corrected chi connectivity index (χ1v) is 11.6. The minimum Gasteiger partial charge on any atom is -0.395 e. The van der Waals surface area contributed by atoms with Crippen molar-refractivity contribution in [3.63, 3.8) is 0 Å². The molecule has 0 bridgehead atoms. The Hall–Kier alpha value is -2.03. The molecule has 9 heteroatoms. The van der Waals surface area contributed by atoms with Crippen molar-refractivity contribution in [1.82, 2.24) is 9.88 Å². The molecule has 3 heterocycles. The summed E-state index contributed by atoms with van der Waals surface area (Å²) >= 11 is 0. The van der Waals surface area contributed by atoms with E-state index in [4.69, 9.17) is 15.5 Å². The summed E-state index contributed by atoms with van der Waals surface area (Å²) in [7, 11) is 0. The van der Waals surface area contributed by atoms with Gasteiger partial charge in [0.1, 0.15) is 6.42 Å². The number of rotatable bonds is 4. The standard InChI is InChI=1S/C23H31F3N4O2/c1-22(2)9-15-16(12-32-22)20(14-5-6-14)28-21(19(15)27)29-7-8-30(17(11-29)13-3-4-13)18(31)10-23(24,25)26/h13-14,17H,3-12,27H2,1-2H3. The van der Waals surface area contributed by atoms with Gasteiger partial charge in [-0.2, -0.15) is 13.2 Å². The van der Waals surface area contributed by atoms with E-state index in [0.717, 1.165) is 48.3 Å². The predicted molar refractivity (Wildman–Crippen MR) is 114 cm³/mol. The Morgan fingerprint density at radius 1 is 1.19 bits per heavy atom. The maximum atomic E-state index is 12.9. The third-order valence-electron chi connectivity index (χ3n) is 7.20. The van der Waals surface area contributed by atoms with E-state index < -0.39 is 18.5 Å². The van der Waals surface area contributed by atoms with Gasteiger partial charge in [0, 0.05) is 37.5 Å². The van der Waals surface area contributed by atoms with Crippen molar-refractivity contribution in [1.29, 1.82) is 0 Å². The summed E-state index contributed by atoms with van der Waals surface area (Å²) in [5.74, 6) is 0.598. The molecule has 1 saturated heterocycles. The van der Waals surface area contributed by atoms with Gasteiger partial charge in [0.05, 0.1) is 29.6 Å². The molecule has 1 unspecified atom stereocenters. The van der Waals surface area contributed by atoms with Crippen LogP contribution in [0.4, 0.5) is 24.7 Å². The highest BCUT2D eigenvalue weighted by Gasteiger charge is 2.44. The molecule has 2 aliphatic carbocycles. The molecule has 5 rings (SSSR count). The number of nitrogens with zero attached hydrogens (tertiary/aromatic N) is 3. The number of aromatic nitrogens is 1. The molecule has 1 aromatic rings. The molecular weight excluding hydrogens is 421 g/mol. The summed E-state index contributed by atoms with van der Waals surface area (Å²) < 4.78 is 44.6. The molecular formula is C23H31F3N4O2. The van der Waals surface area contributed by atoms with Gasteiger partial charge in [-0.1, -0.05) is 0 Å². The number of halogens is 3. The van der Waals surface area contributed by atoms with Crippen LogP contribution in [0.15, 0.2) is 0 Å². The number of anilines is 2. The second kappa shape index (κ2) is 7.50. The molecule has 1 aromatic heterocycles. The van der Waals surface area contributed by atoms with Crippen molar-refractivity contribution >= 4 is 17.4 Å². The van der Waals surface area contributed by atoms with Crippen molar-refractivity contribution in [2.24, 2.45) is 5.92 Å². The van der Waals surface area contributed by atoms with Crippen molar-refractivity contribution in [3.05, 3.63) is 16.8 Å². The first-order chi connectivity index (χ1) is 15.0. The first kappa shape index (κ1) is 21.8. The van der Waals surface area contributed by atoms with E-state index in [9.17, 15) is 18.0 Å². The lowest BCUT2D eigenvalue weighted by Crippen LogP contribution is -2.57. The van der Waals surface area contributed by atoms with Gasteiger partial charge >= 0.3 is 6.18 Å². The van der Waals surface area contributed by atoms with Gasteiger partial charge in [0.15, 0.2) is 5.82 Å². The van der Waals surface area contributed by atoms with E-state index in [2.05, 4.69) is 18.7 Å². The van der Waals surface area contributed by atoms with Gasteiger partial charge in [-0.3, -0.25) is 4.79 Å². The van der Waals surface area contributed by atoms with Crippen LogP contribution in [0.25, 0.3) is 0 Å². The third-order valence-corrected chi connectivity index (χ3v) is 7.20. The van der Waals surface area contributed by atoms with Crippen molar-refractivity contribution < 1.29 is 22.7 Å². The van der Waals surface area contributed by atoms with Crippen LogP contribution in [0.1, 0.15) is 68.7 Å². The Kier molecular flexibility index (Phi) is 5.11. The maximum Gasteiger partial charge on any atom is 0.397 e. The minimum absolute atomic E-state index is 0.222. The molecule has 2 N–H and O–H groups in total. The number of nitrogen functional groups attached to an aromatic ring is 1. The van der Waals surface area contributed by atoms with Crippen LogP contribution in [0.3, 0.4) is 0 Å². The van der Waals surface area contributed by atoms with Crippen LogP contribution in [0.2, 0.25) is 0 Å². The number of ether oxygens (including phenoxy) is 1. The number of hydrogen-bond acceptors (Lipinski definition) is 5. The maximum absolute atomic E-state index is 12.9. The number of fused-ring (bicyclic) bond motifs is 1. The Balaban J connectivity index is 1.44. The average Bonchev–Trinajstić information content (AvgIpc) is 3.60. The summed E-state index contributed by atoms with van der Waals surface area (Å²) in [5.41, 5.74) is 10.3. The van der Waals surface area contributed by atoms with Crippen LogP contribution in [-0.4, -0.2) is 53.2 Å². The monoisotopic (exact) mass is 452 g/mol. The highest BCUT2D eigenvalue weighted by Crippen LogP contribution is 2.47. The molecule has 176 valence electrons. The van der Waals surface area contributed by atoms with Gasteiger partial charge in [-0.05, 0) is 51.0 Å². The predicted octanol–water partition coefficient (Wildman–Crippen LogP) is 3.77. The average molecular weight is 453 g/mol. The number of hydrogen-bond donors (Lipinski definition) is 1. The fourth-order valence-corrected chi connectivity index (χ4v) is 5.21. The van der Waals surface area contributed by atoms with Crippen LogP contribution in [0.5, 0.6) is 0 Å². The fourth-order valence-electron chi connectivity index (χ4n) is 5.21. The van der Waals surface area contributed by atoms with Crippen molar-refractivity contribution in [2.75, 3.05) is 30.3 Å². The lowest BCUT2D eigenvalue weighted by molar-refractivity contribution is -0.163. The van der Waals surface area contributed by atoms with E-state index in [1.807, 2.05) is 0 Å². The van der Waals surface area contributed by atoms with Gasteiger partial charge in [0.25, 0.3) is 0 Å². The highest BCUT2D eigenvalue weighted by molar-refractivity contribution is 5.78. The summed E-state index contributed by atoms with van der Waals surface area (Å²) in [6, 6.07) is -0.222. The summed E-state index contributed by atoms with van der Waals surface area (Å²) in [6.45, 7) is 5.81. The first-order valence-electron chi connectivity index (χ1n) is 11.6. The summed E-state index contributed by atoms with van der Waals surface area (Å²) in [4.78, 5) is 21.0. The topological polar surface area (TPSA) is 71.7 Å². The number of carbonyl (C=O) groups is 1. The molecule has 0 aromatic carbocycles. The number of amides is 1. The van der Waals surface area contributed by atoms with Crippen molar-refractivity contribution in [2.45, 2.75) is 82.7 Å². The number of pyridine rings is 1. The van der Waals surface area contributed by atoms with E-state index in [1.165, 1.54) is 4.90 Å². The van der Waals surface area contributed by atoms with Gasteiger partial charge < -0.3 is 20.3 Å². The molecule has 32 heavy (non-hydrogen) atoms. The molecule has 1 atom stereocenters. The normalized spacial score (nSPS) is 25.6.